The second-order valence-corrected chi connectivity index (χ2v) is 4.68. The Labute approximate surface area is 107 Å². The van der Waals surface area contributed by atoms with E-state index < -0.39 is 5.60 Å². The average molecular weight is 247 g/mol. The first-order valence-corrected chi connectivity index (χ1v) is 6.01. The minimum atomic E-state index is -0.753. The van der Waals surface area contributed by atoms with Crippen molar-refractivity contribution < 1.29 is 9.84 Å². The lowest BCUT2D eigenvalue weighted by Crippen LogP contribution is -2.46. The van der Waals surface area contributed by atoms with Crippen molar-refractivity contribution in [3.8, 4) is 6.07 Å². The number of aromatic nitrogens is 1. The fraction of sp³-hybridized carbons (Fsp3) is 0.538. The highest BCUT2D eigenvalue weighted by molar-refractivity contribution is 5.53. The first-order chi connectivity index (χ1) is 8.64. The summed E-state index contributed by atoms with van der Waals surface area (Å²) in [6.07, 6.45) is 2.89. The number of rotatable bonds is 3. The van der Waals surface area contributed by atoms with E-state index >= 15 is 0 Å². The summed E-state index contributed by atoms with van der Waals surface area (Å²) < 4.78 is 5.25. The maximum Gasteiger partial charge on any atom is 0.146 e. The molecule has 1 saturated heterocycles. The zero-order valence-corrected chi connectivity index (χ0v) is 10.5. The molecular formula is C13H17N3O2. The van der Waals surface area contributed by atoms with Crippen LogP contribution in [0.3, 0.4) is 0 Å². The van der Waals surface area contributed by atoms with Crippen LogP contribution in [0.4, 0.5) is 5.82 Å². The SMILES string of the molecule is CN(CC1(O)CCOCC1)c1ncccc1C#N. The lowest BCUT2D eigenvalue weighted by atomic mass is 9.94. The van der Waals surface area contributed by atoms with Gasteiger partial charge in [-0.3, -0.25) is 0 Å². The molecule has 0 aliphatic carbocycles. The molecule has 1 aliphatic rings. The van der Waals surface area contributed by atoms with Crippen LogP contribution in [0.5, 0.6) is 0 Å². The van der Waals surface area contributed by atoms with Crippen molar-refractivity contribution in [1.82, 2.24) is 4.98 Å². The summed E-state index contributed by atoms with van der Waals surface area (Å²) in [5, 5.41) is 19.5. The zero-order valence-electron chi connectivity index (χ0n) is 10.5. The Morgan fingerprint density at radius 3 is 2.94 bits per heavy atom. The van der Waals surface area contributed by atoms with Gasteiger partial charge >= 0.3 is 0 Å². The summed E-state index contributed by atoms with van der Waals surface area (Å²) in [6.45, 7) is 1.62. The average Bonchev–Trinajstić information content (AvgIpc) is 2.39. The molecule has 96 valence electrons. The van der Waals surface area contributed by atoms with Crippen LogP contribution >= 0.6 is 0 Å². The molecule has 2 rings (SSSR count). The van der Waals surface area contributed by atoms with Gasteiger partial charge in [-0.25, -0.2) is 4.98 Å². The molecule has 1 aromatic heterocycles. The first kappa shape index (κ1) is 12.8. The van der Waals surface area contributed by atoms with Crippen LogP contribution < -0.4 is 4.90 Å². The molecule has 1 fully saturated rings. The third kappa shape index (κ3) is 2.78. The summed E-state index contributed by atoms with van der Waals surface area (Å²) in [5.74, 6) is 0.611. The van der Waals surface area contributed by atoms with Gasteiger partial charge < -0.3 is 14.7 Å². The van der Waals surface area contributed by atoms with Crippen LogP contribution in [0.15, 0.2) is 18.3 Å². The van der Waals surface area contributed by atoms with Gasteiger partial charge in [0, 0.05) is 45.8 Å². The molecule has 1 aromatic rings. The third-order valence-electron chi connectivity index (χ3n) is 3.22. The number of nitrogens with zero attached hydrogens (tertiary/aromatic N) is 3. The second kappa shape index (κ2) is 5.34. The number of nitriles is 1. The number of anilines is 1. The molecular weight excluding hydrogens is 230 g/mol. The first-order valence-electron chi connectivity index (χ1n) is 6.01. The lowest BCUT2D eigenvalue weighted by Gasteiger charge is -2.35. The molecule has 1 N–H and O–H groups in total. The molecule has 1 aliphatic heterocycles. The Kier molecular flexibility index (Phi) is 3.80. The Morgan fingerprint density at radius 1 is 1.56 bits per heavy atom. The van der Waals surface area contributed by atoms with Gasteiger partial charge in [0.2, 0.25) is 0 Å². The molecule has 2 heterocycles. The normalized spacial score (nSPS) is 18.1. The van der Waals surface area contributed by atoms with Gasteiger partial charge in [-0.15, -0.1) is 0 Å². The lowest BCUT2D eigenvalue weighted by molar-refractivity contribution is -0.0573. The summed E-state index contributed by atoms with van der Waals surface area (Å²) in [6, 6.07) is 5.58. The van der Waals surface area contributed by atoms with Crippen molar-refractivity contribution in [2.45, 2.75) is 18.4 Å². The highest BCUT2D eigenvalue weighted by Crippen LogP contribution is 2.24. The molecule has 0 amide bonds. The molecule has 0 unspecified atom stereocenters. The molecule has 0 spiro atoms. The molecule has 18 heavy (non-hydrogen) atoms. The van der Waals surface area contributed by atoms with Crippen molar-refractivity contribution in [2.75, 3.05) is 31.7 Å². The molecule has 0 atom stereocenters. The highest BCUT2D eigenvalue weighted by atomic mass is 16.5. The summed E-state index contributed by atoms with van der Waals surface area (Å²) in [7, 11) is 1.84. The van der Waals surface area contributed by atoms with E-state index in [2.05, 4.69) is 11.1 Å². The Bertz CT molecular complexity index is 450. The highest BCUT2D eigenvalue weighted by Gasteiger charge is 2.31. The fourth-order valence-electron chi connectivity index (χ4n) is 2.21. The van der Waals surface area contributed by atoms with E-state index in [9.17, 15) is 5.11 Å². The maximum atomic E-state index is 10.4. The van der Waals surface area contributed by atoms with E-state index in [-0.39, 0.29) is 0 Å². The van der Waals surface area contributed by atoms with Gasteiger partial charge in [0.25, 0.3) is 0 Å². The minimum absolute atomic E-state index is 0.460. The number of hydrogen-bond acceptors (Lipinski definition) is 5. The Hall–Kier alpha value is -1.64. The topological polar surface area (TPSA) is 69.4 Å². The Morgan fingerprint density at radius 2 is 2.28 bits per heavy atom. The minimum Gasteiger partial charge on any atom is -0.388 e. The van der Waals surface area contributed by atoms with Crippen LogP contribution in [0, 0.1) is 11.3 Å². The molecule has 0 bridgehead atoms. The van der Waals surface area contributed by atoms with Crippen LogP contribution in [-0.4, -0.2) is 42.5 Å². The number of pyridine rings is 1. The molecule has 0 saturated carbocycles. The van der Waals surface area contributed by atoms with Crippen molar-refractivity contribution >= 4 is 5.82 Å². The number of aliphatic hydroxyl groups is 1. The van der Waals surface area contributed by atoms with Crippen molar-refractivity contribution in [2.24, 2.45) is 0 Å². The third-order valence-corrected chi connectivity index (χ3v) is 3.22. The molecule has 5 heteroatoms. The van der Waals surface area contributed by atoms with Gasteiger partial charge in [-0.2, -0.15) is 5.26 Å². The molecule has 0 aromatic carbocycles. The summed E-state index contributed by atoms with van der Waals surface area (Å²) >= 11 is 0. The zero-order chi connectivity index (χ0) is 13.0. The smallest absolute Gasteiger partial charge is 0.146 e. The maximum absolute atomic E-state index is 10.4. The van der Waals surface area contributed by atoms with Gasteiger partial charge in [-0.05, 0) is 12.1 Å². The predicted molar refractivity (Wildman–Crippen MR) is 67.2 cm³/mol. The van der Waals surface area contributed by atoms with Crippen molar-refractivity contribution in [3.05, 3.63) is 23.9 Å². The van der Waals surface area contributed by atoms with Crippen LogP contribution in [0.25, 0.3) is 0 Å². The second-order valence-electron chi connectivity index (χ2n) is 4.68. The van der Waals surface area contributed by atoms with Gasteiger partial charge in [0.1, 0.15) is 11.9 Å². The number of ether oxygens (including phenoxy) is 1. The van der Waals surface area contributed by atoms with Gasteiger partial charge in [0.15, 0.2) is 0 Å². The van der Waals surface area contributed by atoms with Crippen molar-refractivity contribution in [1.29, 1.82) is 5.26 Å². The van der Waals surface area contributed by atoms with E-state index in [0.717, 1.165) is 0 Å². The quantitative estimate of drug-likeness (QED) is 0.860. The monoisotopic (exact) mass is 247 g/mol. The number of likely N-dealkylation sites (N-methyl/N-ethyl adjacent to an activating group) is 1. The fourth-order valence-corrected chi connectivity index (χ4v) is 2.21. The van der Waals surface area contributed by atoms with Crippen LogP contribution in [0.1, 0.15) is 18.4 Å². The van der Waals surface area contributed by atoms with Crippen LogP contribution in [-0.2, 0) is 4.74 Å². The summed E-state index contributed by atoms with van der Waals surface area (Å²) in [4.78, 5) is 6.04. The Balaban J connectivity index is 2.12. The van der Waals surface area contributed by atoms with E-state index in [1.54, 1.807) is 18.3 Å². The standard InChI is InChI=1S/C13H17N3O2/c1-16(10-13(17)4-7-18-8-5-13)12-11(9-14)3-2-6-15-12/h2-3,6,17H,4-5,7-8,10H2,1H3. The predicted octanol–water partition coefficient (Wildman–Crippen LogP) is 0.931. The molecule has 5 nitrogen and oxygen atoms in total. The van der Waals surface area contributed by atoms with Crippen molar-refractivity contribution in [3.63, 3.8) is 0 Å². The number of hydrogen-bond donors (Lipinski definition) is 1. The van der Waals surface area contributed by atoms with Gasteiger partial charge in [-0.1, -0.05) is 0 Å². The van der Waals surface area contributed by atoms with Gasteiger partial charge in [0.05, 0.1) is 11.2 Å². The van der Waals surface area contributed by atoms with E-state index in [1.165, 1.54) is 0 Å². The molecule has 0 radical (unpaired) electrons. The van der Waals surface area contributed by atoms with E-state index in [1.807, 2.05) is 11.9 Å². The summed E-state index contributed by atoms with van der Waals surface area (Å²) in [5.41, 5.74) is -0.229. The van der Waals surface area contributed by atoms with Crippen LogP contribution in [0.2, 0.25) is 0 Å². The van der Waals surface area contributed by atoms with E-state index in [4.69, 9.17) is 10.00 Å². The largest absolute Gasteiger partial charge is 0.388 e. The van der Waals surface area contributed by atoms with E-state index in [0.29, 0.717) is 44.0 Å².